The molecule has 0 saturated heterocycles. The van der Waals surface area contributed by atoms with Crippen molar-refractivity contribution in [2.75, 3.05) is 24.2 Å². The van der Waals surface area contributed by atoms with Gasteiger partial charge >= 0.3 is 0 Å². The summed E-state index contributed by atoms with van der Waals surface area (Å²) in [6, 6.07) is 15.8. The first-order valence-electron chi connectivity index (χ1n) is 9.98. The predicted octanol–water partition coefficient (Wildman–Crippen LogP) is 3.67. The minimum Gasteiger partial charge on any atom is -0.497 e. The highest BCUT2D eigenvalue weighted by atomic mass is 35.5. The number of benzene rings is 2. The Morgan fingerprint density at radius 2 is 1.79 bits per heavy atom. The van der Waals surface area contributed by atoms with Gasteiger partial charge in [-0.1, -0.05) is 11.6 Å². The number of nitrogens with zero attached hydrogens (tertiary/aromatic N) is 3. The maximum atomic E-state index is 12.4. The lowest BCUT2D eigenvalue weighted by Gasteiger charge is -2.21. The molecule has 0 unspecified atom stereocenters. The summed E-state index contributed by atoms with van der Waals surface area (Å²) in [6.45, 7) is 3.50. The first-order chi connectivity index (χ1) is 15.6. The number of anilines is 1. The van der Waals surface area contributed by atoms with Crippen molar-refractivity contribution < 1.29 is 17.9 Å². The smallest absolute Gasteiger partial charge is 0.260 e. The molecule has 33 heavy (non-hydrogen) atoms. The van der Waals surface area contributed by atoms with Crippen LogP contribution in [0.15, 0.2) is 59.7 Å². The van der Waals surface area contributed by atoms with Crippen LogP contribution in [0.2, 0.25) is 5.02 Å². The average molecular weight is 489 g/mol. The van der Waals surface area contributed by atoms with Gasteiger partial charge in [0.25, 0.3) is 5.91 Å². The molecule has 1 aromatic heterocycles. The van der Waals surface area contributed by atoms with Crippen molar-refractivity contribution in [2.45, 2.75) is 13.8 Å². The molecule has 3 aromatic rings. The Bertz CT molecular complexity index is 1270. The Morgan fingerprint density at radius 1 is 1.15 bits per heavy atom. The highest BCUT2D eigenvalue weighted by molar-refractivity contribution is 7.92. The monoisotopic (exact) mass is 488 g/mol. The summed E-state index contributed by atoms with van der Waals surface area (Å²) in [7, 11) is -2.17. The van der Waals surface area contributed by atoms with E-state index in [-0.39, 0.29) is 0 Å². The van der Waals surface area contributed by atoms with Gasteiger partial charge in [0.1, 0.15) is 12.3 Å². The van der Waals surface area contributed by atoms with E-state index >= 15 is 0 Å². The third-order valence-corrected chi connectivity index (χ3v) is 6.39. The van der Waals surface area contributed by atoms with Crippen LogP contribution < -0.4 is 14.5 Å². The van der Waals surface area contributed by atoms with E-state index in [1.807, 2.05) is 44.2 Å². The number of sulfonamides is 1. The molecule has 0 atom stereocenters. The number of amides is 1. The summed E-state index contributed by atoms with van der Waals surface area (Å²) in [5.74, 6) is 0.0106. The summed E-state index contributed by atoms with van der Waals surface area (Å²) in [5, 5.41) is 4.68. The molecule has 2 aromatic carbocycles. The van der Waals surface area contributed by atoms with E-state index in [2.05, 4.69) is 15.1 Å². The number of aromatic nitrogens is 1. The van der Waals surface area contributed by atoms with Gasteiger partial charge < -0.3 is 9.30 Å². The van der Waals surface area contributed by atoms with Gasteiger partial charge in [0.05, 0.1) is 25.3 Å². The SMILES string of the molecule is COc1ccc(N(CC(=O)N/N=C\c2cc(C)n(-c3ccc(Cl)cc3)c2C)S(C)(=O)=O)cc1. The Morgan fingerprint density at radius 3 is 2.36 bits per heavy atom. The lowest BCUT2D eigenvalue weighted by molar-refractivity contribution is -0.119. The number of nitrogens with one attached hydrogen (secondary N) is 1. The summed E-state index contributed by atoms with van der Waals surface area (Å²) in [6.07, 6.45) is 2.57. The second-order valence-electron chi connectivity index (χ2n) is 7.40. The van der Waals surface area contributed by atoms with Crippen LogP contribution in [0.4, 0.5) is 5.69 Å². The molecule has 174 valence electrons. The van der Waals surface area contributed by atoms with Crippen LogP contribution in [0.5, 0.6) is 5.75 Å². The van der Waals surface area contributed by atoms with Crippen LogP contribution in [0.3, 0.4) is 0 Å². The van der Waals surface area contributed by atoms with Crippen molar-refractivity contribution in [3.8, 4) is 11.4 Å². The van der Waals surface area contributed by atoms with Crippen molar-refractivity contribution in [2.24, 2.45) is 5.10 Å². The van der Waals surface area contributed by atoms with Gasteiger partial charge in [-0.05, 0) is 68.4 Å². The fourth-order valence-corrected chi connectivity index (χ4v) is 4.38. The molecule has 0 aliphatic rings. The molecule has 0 radical (unpaired) electrons. The highest BCUT2D eigenvalue weighted by Crippen LogP contribution is 2.22. The van der Waals surface area contributed by atoms with Gasteiger partial charge in [-0.25, -0.2) is 13.8 Å². The molecule has 1 N–H and O–H groups in total. The number of rotatable bonds is 8. The molecule has 1 amide bonds. The Hall–Kier alpha value is -3.30. The standard InChI is InChI=1S/C23H25ClN4O4S/c1-16-13-18(17(2)28(16)21-7-5-19(24)6-8-21)14-25-26-23(29)15-27(33(4,30)31)20-9-11-22(32-3)12-10-20/h5-14H,15H2,1-4H3,(H,26,29)/b25-14-. The van der Waals surface area contributed by atoms with Crippen LogP contribution in [0.1, 0.15) is 17.0 Å². The Labute approximate surface area is 198 Å². The van der Waals surface area contributed by atoms with E-state index < -0.39 is 22.5 Å². The van der Waals surface area contributed by atoms with Gasteiger partial charge in [0.15, 0.2) is 0 Å². The summed E-state index contributed by atoms with van der Waals surface area (Å²) in [4.78, 5) is 12.4. The van der Waals surface area contributed by atoms with Crippen LogP contribution in [-0.4, -0.2) is 45.0 Å². The molecule has 0 bridgehead atoms. The zero-order valence-electron chi connectivity index (χ0n) is 18.7. The number of hydrazone groups is 1. The number of ether oxygens (including phenoxy) is 1. The van der Waals surface area contributed by atoms with Crippen molar-refractivity contribution in [1.82, 2.24) is 9.99 Å². The minimum absolute atomic E-state index is 0.351. The molecule has 0 aliphatic heterocycles. The van der Waals surface area contributed by atoms with E-state index in [0.29, 0.717) is 16.5 Å². The first kappa shape index (κ1) is 24.3. The highest BCUT2D eigenvalue weighted by Gasteiger charge is 2.20. The van der Waals surface area contributed by atoms with Crippen molar-refractivity contribution >= 4 is 39.4 Å². The van der Waals surface area contributed by atoms with E-state index in [0.717, 1.165) is 33.2 Å². The van der Waals surface area contributed by atoms with E-state index in [4.69, 9.17) is 16.3 Å². The molecule has 0 aliphatic carbocycles. The number of hydrogen-bond acceptors (Lipinski definition) is 5. The lowest BCUT2D eigenvalue weighted by Crippen LogP contribution is -2.39. The molecule has 0 fully saturated rings. The van der Waals surface area contributed by atoms with Gasteiger partial charge in [0, 0.05) is 27.7 Å². The zero-order valence-corrected chi connectivity index (χ0v) is 20.3. The van der Waals surface area contributed by atoms with E-state index in [1.54, 1.807) is 24.3 Å². The van der Waals surface area contributed by atoms with E-state index in [1.165, 1.54) is 13.3 Å². The molecule has 3 rings (SSSR count). The van der Waals surface area contributed by atoms with Crippen molar-refractivity contribution in [1.29, 1.82) is 0 Å². The average Bonchev–Trinajstić information content (AvgIpc) is 3.05. The number of carbonyl (C=O) groups is 1. The predicted molar refractivity (Wildman–Crippen MR) is 131 cm³/mol. The second kappa shape index (κ2) is 10.1. The number of hydrogen-bond donors (Lipinski definition) is 1. The van der Waals surface area contributed by atoms with Crippen LogP contribution in [0.25, 0.3) is 5.69 Å². The number of aryl methyl sites for hydroxylation is 1. The molecular weight excluding hydrogens is 464 g/mol. The topological polar surface area (TPSA) is 93.0 Å². The first-order valence-corrected chi connectivity index (χ1v) is 12.2. The third-order valence-electron chi connectivity index (χ3n) is 5.00. The van der Waals surface area contributed by atoms with Crippen molar-refractivity contribution in [3.63, 3.8) is 0 Å². The molecule has 0 spiro atoms. The summed E-state index contributed by atoms with van der Waals surface area (Å²) >= 11 is 5.98. The third kappa shape index (κ3) is 5.94. The summed E-state index contributed by atoms with van der Waals surface area (Å²) < 4.78 is 32.6. The summed E-state index contributed by atoms with van der Waals surface area (Å²) in [5.41, 5.74) is 6.46. The lowest BCUT2D eigenvalue weighted by atomic mass is 10.2. The van der Waals surface area contributed by atoms with Crippen LogP contribution in [0, 0.1) is 13.8 Å². The number of halogens is 1. The van der Waals surface area contributed by atoms with Crippen molar-refractivity contribution in [3.05, 3.63) is 76.6 Å². The van der Waals surface area contributed by atoms with Gasteiger partial charge in [0.2, 0.25) is 10.0 Å². The number of carbonyl (C=O) groups excluding carboxylic acids is 1. The normalized spacial score (nSPS) is 11.5. The zero-order chi connectivity index (χ0) is 24.2. The largest absolute Gasteiger partial charge is 0.497 e. The molecule has 8 nitrogen and oxygen atoms in total. The molecule has 10 heteroatoms. The second-order valence-corrected chi connectivity index (χ2v) is 9.74. The van der Waals surface area contributed by atoms with Crippen LogP contribution >= 0.6 is 11.6 Å². The maximum Gasteiger partial charge on any atom is 0.260 e. The van der Waals surface area contributed by atoms with Crippen LogP contribution in [-0.2, 0) is 14.8 Å². The maximum absolute atomic E-state index is 12.4. The molecular formula is C23H25ClN4O4S. The van der Waals surface area contributed by atoms with E-state index in [9.17, 15) is 13.2 Å². The number of methoxy groups -OCH3 is 1. The van der Waals surface area contributed by atoms with Gasteiger partial charge in [-0.15, -0.1) is 0 Å². The quantitative estimate of drug-likeness (QED) is 0.386. The fourth-order valence-electron chi connectivity index (χ4n) is 3.39. The van der Waals surface area contributed by atoms with Gasteiger partial charge in [-0.3, -0.25) is 9.10 Å². The minimum atomic E-state index is -3.69. The fraction of sp³-hybridized carbons (Fsp3) is 0.217. The van der Waals surface area contributed by atoms with Gasteiger partial charge in [-0.2, -0.15) is 5.10 Å². The Kier molecular flexibility index (Phi) is 7.45. The molecule has 1 heterocycles. The molecule has 0 saturated carbocycles. The Balaban J connectivity index is 1.72.